The predicted octanol–water partition coefficient (Wildman–Crippen LogP) is 2.65. The number of hydrogen-bond donors (Lipinski definition) is 2. The number of nitrogens with zero attached hydrogens (tertiary/aromatic N) is 2. The summed E-state index contributed by atoms with van der Waals surface area (Å²) < 4.78 is 36.7. The molecule has 1 atom stereocenters. The van der Waals surface area contributed by atoms with Gasteiger partial charge in [-0.25, -0.2) is 0 Å². The van der Waals surface area contributed by atoms with Crippen LogP contribution in [0.2, 0.25) is 0 Å². The van der Waals surface area contributed by atoms with Crippen molar-refractivity contribution in [1.29, 1.82) is 0 Å². The fourth-order valence-electron chi connectivity index (χ4n) is 2.54. The van der Waals surface area contributed by atoms with Gasteiger partial charge in [0.25, 0.3) is 11.8 Å². The first-order valence-corrected chi connectivity index (χ1v) is 9.80. The number of carbonyl (C=O) groups is 3. The molecule has 1 aliphatic rings. The van der Waals surface area contributed by atoms with E-state index in [4.69, 9.17) is 0 Å². The Morgan fingerprint density at radius 3 is 2.55 bits per heavy atom. The van der Waals surface area contributed by atoms with Crippen molar-refractivity contribution < 1.29 is 27.6 Å². The normalized spacial score (nSPS) is 16.4. The first-order chi connectivity index (χ1) is 13.6. The van der Waals surface area contributed by atoms with Gasteiger partial charge in [0.15, 0.2) is 5.17 Å². The Hall–Kier alpha value is -2.56. The number of anilines is 1. The van der Waals surface area contributed by atoms with Crippen LogP contribution in [0.25, 0.3) is 0 Å². The topological polar surface area (TPSA) is 90.9 Å². The van der Waals surface area contributed by atoms with Gasteiger partial charge in [-0.05, 0) is 32.0 Å². The summed E-state index contributed by atoms with van der Waals surface area (Å²) in [5.74, 6) is -1.75. The van der Waals surface area contributed by atoms with E-state index >= 15 is 0 Å². The highest BCUT2D eigenvalue weighted by Gasteiger charge is 2.32. The number of aliphatic imine (C=N–C) groups is 1. The van der Waals surface area contributed by atoms with Gasteiger partial charge in [-0.1, -0.05) is 17.8 Å². The maximum absolute atomic E-state index is 12.3. The molecular weight excluding hydrogens is 409 g/mol. The number of halogens is 3. The molecule has 0 fully saturated rings. The Balaban J connectivity index is 1.93. The summed E-state index contributed by atoms with van der Waals surface area (Å²) in [6, 6.07) is 5.54. The summed E-state index contributed by atoms with van der Waals surface area (Å²) in [5.41, 5.74) is 0.223. The molecule has 0 radical (unpaired) electrons. The van der Waals surface area contributed by atoms with E-state index in [1.54, 1.807) is 5.32 Å². The standard InChI is InChI=1S/C18H21F3N4O3S/c1-3-25(4-2)17-24-16(28)13(29-17)9-14(26)23-12-7-5-6-11(8-12)15(27)22-10-18(19,20)21/h5-8,13H,3-4,9-10H2,1-2H3,(H,22,27)(H,23,26)/t13-/m0/s1. The molecule has 1 aromatic rings. The highest BCUT2D eigenvalue weighted by atomic mass is 32.2. The van der Waals surface area contributed by atoms with Crippen molar-refractivity contribution in [2.24, 2.45) is 4.99 Å². The Labute approximate surface area is 170 Å². The lowest BCUT2D eigenvalue weighted by Crippen LogP contribution is -2.33. The summed E-state index contributed by atoms with van der Waals surface area (Å²) in [7, 11) is 0. The van der Waals surface area contributed by atoms with Crippen LogP contribution in [0.1, 0.15) is 30.6 Å². The van der Waals surface area contributed by atoms with E-state index in [0.717, 1.165) is 0 Å². The summed E-state index contributed by atoms with van der Waals surface area (Å²) in [6.45, 7) is 3.82. The van der Waals surface area contributed by atoms with E-state index in [-0.39, 0.29) is 23.6 Å². The second kappa shape index (κ2) is 9.77. The lowest BCUT2D eigenvalue weighted by Gasteiger charge is -2.19. The number of alkyl halides is 3. The monoisotopic (exact) mass is 430 g/mol. The van der Waals surface area contributed by atoms with E-state index in [2.05, 4.69) is 10.3 Å². The van der Waals surface area contributed by atoms with Crippen LogP contribution < -0.4 is 10.6 Å². The van der Waals surface area contributed by atoms with Crippen molar-refractivity contribution in [2.75, 3.05) is 25.0 Å². The number of amides is 3. The first kappa shape index (κ1) is 22.7. The third kappa shape index (κ3) is 6.77. The fraction of sp³-hybridized carbons (Fsp3) is 0.444. The van der Waals surface area contributed by atoms with Gasteiger partial charge in [0.2, 0.25) is 5.91 Å². The van der Waals surface area contributed by atoms with Crippen molar-refractivity contribution in [1.82, 2.24) is 10.2 Å². The van der Waals surface area contributed by atoms with E-state index in [0.29, 0.717) is 18.3 Å². The molecule has 158 valence electrons. The SMILES string of the molecule is CCN(CC)C1=NC(=O)[C@H](CC(=O)Nc2cccc(C(=O)NCC(F)(F)F)c2)S1. The van der Waals surface area contributed by atoms with Gasteiger partial charge in [-0.15, -0.1) is 0 Å². The number of hydrogen-bond acceptors (Lipinski definition) is 5. The average molecular weight is 430 g/mol. The molecule has 11 heteroatoms. The fourth-order valence-corrected chi connectivity index (χ4v) is 3.73. The van der Waals surface area contributed by atoms with Gasteiger partial charge in [-0.2, -0.15) is 18.2 Å². The quantitative estimate of drug-likeness (QED) is 0.694. The molecule has 29 heavy (non-hydrogen) atoms. The Morgan fingerprint density at radius 1 is 1.24 bits per heavy atom. The molecule has 0 aromatic heterocycles. The van der Waals surface area contributed by atoms with Gasteiger partial charge in [0, 0.05) is 30.8 Å². The van der Waals surface area contributed by atoms with E-state index in [9.17, 15) is 27.6 Å². The second-order valence-electron chi connectivity index (χ2n) is 6.14. The van der Waals surface area contributed by atoms with Gasteiger partial charge < -0.3 is 15.5 Å². The van der Waals surface area contributed by atoms with Crippen LogP contribution in [0.4, 0.5) is 18.9 Å². The summed E-state index contributed by atoms with van der Waals surface area (Å²) in [6.07, 6.45) is -4.62. The van der Waals surface area contributed by atoms with Crippen LogP contribution in [0.15, 0.2) is 29.3 Å². The summed E-state index contributed by atoms with van der Waals surface area (Å²) in [4.78, 5) is 42.1. The van der Waals surface area contributed by atoms with E-state index in [1.807, 2.05) is 18.7 Å². The Bertz CT molecular complexity index is 810. The maximum atomic E-state index is 12.3. The lowest BCUT2D eigenvalue weighted by atomic mass is 10.2. The molecule has 0 unspecified atom stereocenters. The van der Waals surface area contributed by atoms with Crippen LogP contribution in [-0.2, 0) is 9.59 Å². The number of carbonyl (C=O) groups excluding carboxylic acids is 3. The molecule has 1 heterocycles. The van der Waals surface area contributed by atoms with E-state index < -0.39 is 29.8 Å². The smallest absolute Gasteiger partial charge is 0.352 e. The average Bonchev–Trinajstić information content (AvgIpc) is 3.00. The molecule has 0 saturated carbocycles. The van der Waals surface area contributed by atoms with Crippen molar-refractivity contribution >= 4 is 40.3 Å². The second-order valence-corrected chi connectivity index (χ2v) is 7.31. The zero-order chi connectivity index (χ0) is 21.6. The molecule has 1 aromatic carbocycles. The van der Waals surface area contributed by atoms with Crippen LogP contribution in [0.3, 0.4) is 0 Å². The first-order valence-electron chi connectivity index (χ1n) is 8.92. The number of benzene rings is 1. The van der Waals surface area contributed by atoms with Crippen LogP contribution >= 0.6 is 11.8 Å². The number of nitrogens with one attached hydrogen (secondary N) is 2. The van der Waals surface area contributed by atoms with Gasteiger partial charge >= 0.3 is 6.18 Å². The molecular formula is C18H21F3N4O3S. The highest BCUT2D eigenvalue weighted by Crippen LogP contribution is 2.27. The van der Waals surface area contributed by atoms with Gasteiger partial charge in [0.05, 0.1) is 0 Å². The van der Waals surface area contributed by atoms with Crippen LogP contribution in [0.5, 0.6) is 0 Å². The molecule has 3 amide bonds. The molecule has 0 bridgehead atoms. The molecule has 0 aliphatic carbocycles. The zero-order valence-corrected chi connectivity index (χ0v) is 16.7. The van der Waals surface area contributed by atoms with Gasteiger partial charge in [0.1, 0.15) is 11.8 Å². The Morgan fingerprint density at radius 2 is 1.93 bits per heavy atom. The number of amidine groups is 1. The third-order valence-corrected chi connectivity index (χ3v) is 5.20. The van der Waals surface area contributed by atoms with Gasteiger partial charge in [-0.3, -0.25) is 14.4 Å². The highest BCUT2D eigenvalue weighted by molar-refractivity contribution is 8.15. The van der Waals surface area contributed by atoms with Crippen LogP contribution in [0, 0.1) is 0 Å². The molecule has 2 N–H and O–H groups in total. The van der Waals surface area contributed by atoms with Crippen LogP contribution in [-0.4, -0.2) is 58.8 Å². The lowest BCUT2D eigenvalue weighted by molar-refractivity contribution is -0.123. The minimum atomic E-state index is -4.51. The molecule has 0 spiro atoms. The summed E-state index contributed by atoms with van der Waals surface area (Å²) in [5, 5.41) is 4.27. The number of rotatable bonds is 7. The Kier molecular flexibility index (Phi) is 7.66. The molecule has 2 rings (SSSR count). The third-order valence-electron chi connectivity index (χ3n) is 3.99. The molecule has 7 nitrogen and oxygen atoms in total. The van der Waals surface area contributed by atoms with Crippen molar-refractivity contribution in [3.63, 3.8) is 0 Å². The minimum Gasteiger partial charge on any atom is -0.352 e. The molecule has 1 aliphatic heterocycles. The van der Waals surface area contributed by atoms with Crippen molar-refractivity contribution in [2.45, 2.75) is 31.7 Å². The molecule has 0 saturated heterocycles. The number of thioether (sulfide) groups is 1. The van der Waals surface area contributed by atoms with Crippen molar-refractivity contribution in [3.05, 3.63) is 29.8 Å². The minimum absolute atomic E-state index is 0.0227. The van der Waals surface area contributed by atoms with Crippen molar-refractivity contribution in [3.8, 4) is 0 Å². The predicted molar refractivity (Wildman–Crippen MR) is 105 cm³/mol. The largest absolute Gasteiger partial charge is 0.405 e. The zero-order valence-electron chi connectivity index (χ0n) is 15.9. The van der Waals surface area contributed by atoms with E-state index in [1.165, 1.54) is 36.0 Å². The summed E-state index contributed by atoms with van der Waals surface area (Å²) >= 11 is 1.23. The maximum Gasteiger partial charge on any atom is 0.405 e.